The van der Waals surface area contributed by atoms with Crippen molar-refractivity contribution in [2.75, 3.05) is 12.3 Å². The third-order valence-corrected chi connectivity index (χ3v) is 3.43. The molecule has 0 aliphatic carbocycles. The first kappa shape index (κ1) is 14.9. The Bertz CT molecular complexity index is 543. The maximum absolute atomic E-state index is 11.8. The summed E-state index contributed by atoms with van der Waals surface area (Å²) in [5, 5.41) is 7.95. The predicted molar refractivity (Wildman–Crippen MR) is 71.1 cm³/mol. The van der Waals surface area contributed by atoms with E-state index in [-0.39, 0.29) is 24.6 Å². The minimum absolute atomic E-state index is 0.151. The first-order valence-electron chi connectivity index (χ1n) is 5.34. The summed E-state index contributed by atoms with van der Waals surface area (Å²) in [6, 6.07) is 5.03. The van der Waals surface area contributed by atoms with Crippen molar-refractivity contribution in [2.24, 2.45) is 5.14 Å². The zero-order valence-electron chi connectivity index (χ0n) is 9.94. The number of aryl methyl sites for hydroxylation is 1. The number of amides is 1. The molecule has 3 N–H and O–H groups in total. The van der Waals surface area contributed by atoms with Gasteiger partial charge in [0.25, 0.3) is 5.91 Å². The summed E-state index contributed by atoms with van der Waals surface area (Å²) in [5.74, 6) is -0.425. The molecule has 0 radical (unpaired) electrons. The van der Waals surface area contributed by atoms with Crippen molar-refractivity contribution in [3.63, 3.8) is 0 Å². The highest BCUT2D eigenvalue weighted by Gasteiger charge is 2.09. The highest BCUT2D eigenvalue weighted by atomic mass is 35.5. The first-order chi connectivity index (χ1) is 8.29. The number of sulfonamides is 1. The number of nitrogens with one attached hydrogen (secondary N) is 1. The van der Waals surface area contributed by atoms with E-state index in [0.29, 0.717) is 10.6 Å². The lowest BCUT2D eigenvalue weighted by molar-refractivity contribution is 0.0953. The zero-order valence-corrected chi connectivity index (χ0v) is 11.5. The van der Waals surface area contributed by atoms with Gasteiger partial charge in [-0.3, -0.25) is 4.79 Å². The van der Waals surface area contributed by atoms with Crippen molar-refractivity contribution in [1.82, 2.24) is 5.32 Å². The summed E-state index contributed by atoms with van der Waals surface area (Å²) in [6.07, 6.45) is 0.282. The van der Waals surface area contributed by atoms with E-state index < -0.39 is 10.0 Å². The molecule has 0 aromatic heterocycles. The standard InChI is InChI=1S/C11H15ClN2O3S/c1-8-3-4-9(12)7-10(8)11(15)14-5-2-6-18(13,16)17/h3-4,7H,2,5-6H2,1H3,(H,14,15)(H2,13,16,17). The molecule has 7 heteroatoms. The van der Waals surface area contributed by atoms with Crippen LogP contribution in [0.5, 0.6) is 0 Å². The van der Waals surface area contributed by atoms with Crippen molar-refractivity contribution in [3.05, 3.63) is 34.3 Å². The summed E-state index contributed by atoms with van der Waals surface area (Å²) in [7, 11) is -3.47. The van der Waals surface area contributed by atoms with Gasteiger partial charge in [-0.2, -0.15) is 0 Å². The van der Waals surface area contributed by atoms with Crippen LogP contribution in [0.1, 0.15) is 22.3 Å². The van der Waals surface area contributed by atoms with Gasteiger partial charge in [0.05, 0.1) is 5.75 Å². The Morgan fingerprint density at radius 1 is 1.44 bits per heavy atom. The molecule has 1 aromatic rings. The maximum atomic E-state index is 11.8. The van der Waals surface area contributed by atoms with Crippen molar-refractivity contribution in [1.29, 1.82) is 0 Å². The molecular weight excluding hydrogens is 276 g/mol. The van der Waals surface area contributed by atoms with Gasteiger partial charge in [0.15, 0.2) is 0 Å². The second-order valence-electron chi connectivity index (χ2n) is 3.94. The van der Waals surface area contributed by atoms with Crippen molar-refractivity contribution in [2.45, 2.75) is 13.3 Å². The lowest BCUT2D eigenvalue weighted by Gasteiger charge is -2.07. The number of hydrogen-bond acceptors (Lipinski definition) is 3. The SMILES string of the molecule is Cc1ccc(Cl)cc1C(=O)NCCCS(N)(=O)=O. The van der Waals surface area contributed by atoms with Gasteiger partial charge >= 0.3 is 0 Å². The molecule has 5 nitrogen and oxygen atoms in total. The second-order valence-corrected chi connectivity index (χ2v) is 6.11. The Labute approximate surface area is 111 Å². The minimum Gasteiger partial charge on any atom is -0.352 e. The minimum atomic E-state index is -3.47. The molecule has 1 rings (SSSR count). The van der Waals surface area contributed by atoms with Crippen LogP contribution in [-0.2, 0) is 10.0 Å². The Balaban J connectivity index is 2.53. The van der Waals surface area contributed by atoms with Crippen molar-refractivity contribution >= 4 is 27.5 Å². The predicted octanol–water partition coefficient (Wildman–Crippen LogP) is 1.06. The van der Waals surface area contributed by atoms with E-state index in [1.807, 2.05) is 0 Å². The fourth-order valence-electron chi connectivity index (χ4n) is 1.41. The topological polar surface area (TPSA) is 89.3 Å². The van der Waals surface area contributed by atoms with Gasteiger partial charge in [0.1, 0.15) is 0 Å². The van der Waals surface area contributed by atoms with Gasteiger partial charge < -0.3 is 5.32 Å². The van der Waals surface area contributed by atoms with E-state index in [1.165, 1.54) is 0 Å². The molecule has 100 valence electrons. The van der Waals surface area contributed by atoms with E-state index in [2.05, 4.69) is 5.32 Å². The number of carbonyl (C=O) groups excluding carboxylic acids is 1. The van der Waals surface area contributed by atoms with Gasteiger partial charge in [-0.15, -0.1) is 0 Å². The van der Waals surface area contributed by atoms with Gasteiger partial charge in [-0.25, -0.2) is 13.6 Å². The molecule has 1 amide bonds. The van der Waals surface area contributed by atoms with Crippen molar-refractivity contribution < 1.29 is 13.2 Å². The fraction of sp³-hybridized carbons (Fsp3) is 0.364. The maximum Gasteiger partial charge on any atom is 0.251 e. The third-order valence-electron chi connectivity index (χ3n) is 2.34. The van der Waals surface area contributed by atoms with E-state index in [4.69, 9.17) is 16.7 Å². The lowest BCUT2D eigenvalue weighted by atomic mass is 10.1. The van der Waals surface area contributed by atoms with Crippen molar-refractivity contribution in [3.8, 4) is 0 Å². The number of halogens is 1. The molecular formula is C11H15ClN2O3S. The third kappa shape index (κ3) is 5.03. The monoisotopic (exact) mass is 290 g/mol. The molecule has 0 unspecified atom stereocenters. The van der Waals surface area contributed by atoms with Crippen LogP contribution in [0.3, 0.4) is 0 Å². The number of carbonyl (C=O) groups is 1. The van der Waals surface area contributed by atoms with Crippen LogP contribution in [0.4, 0.5) is 0 Å². The van der Waals surface area contributed by atoms with Crippen LogP contribution in [-0.4, -0.2) is 26.6 Å². The summed E-state index contributed by atoms with van der Waals surface area (Å²) >= 11 is 5.81. The summed E-state index contributed by atoms with van der Waals surface area (Å²) in [4.78, 5) is 11.8. The van der Waals surface area contributed by atoms with Crippen LogP contribution in [0.25, 0.3) is 0 Å². The van der Waals surface area contributed by atoms with Crippen LogP contribution in [0, 0.1) is 6.92 Å². The van der Waals surface area contributed by atoms with Crippen LogP contribution >= 0.6 is 11.6 Å². The van der Waals surface area contributed by atoms with Gasteiger partial charge in [-0.1, -0.05) is 17.7 Å². The van der Waals surface area contributed by atoms with E-state index >= 15 is 0 Å². The first-order valence-corrected chi connectivity index (χ1v) is 7.44. The van der Waals surface area contributed by atoms with E-state index in [1.54, 1.807) is 25.1 Å². The lowest BCUT2D eigenvalue weighted by Crippen LogP contribution is -2.27. The normalized spacial score (nSPS) is 11.3. The summed E-state index contributed by atoms with van der Waals surface area (Å²) in [6.45, 7) is 2.05. The Morgan fingerprint density at radius 3 is 2.72 bits per heavy atom. The molecule has 0 fully saturated rings. The number of rotatable bonds is 5. The number of benzene rings is 1. The van der Waals surface area contributed by atoms with Crippen LogP contribution in [0.15, 0.2) is 18.2 Å². The average molecular weight is 291 g/mol. The number of hydrogen-bond donors (Lipinski definition) is 2. The molecule has 1 aromatic carbocycles. The molecule has 18 heavy (non-hydrogen) atoms. The average Bonchev–Trinajstić information content (AvgIpc) is 2.26. The fourth-order valence-corrected chi connectivity index (χ4v) is 2.13. The molecule has 0 aliphatic heterocycles. The number of nitrogens with two attached hydrogens (primary N) is 1. The second kappa shape index (κ2) is 6.17. The Hall–Kier alpha value is -1.11. The van der Waals surface area contributed by atoms with E-state index in [9.17, 15) is 13.2 Å². The summed E-state index contributed by atoms with van der Waals surface area (Å²) < 4.78 is 21.4. The Morgan fingerprint density at radius 2 is 2.11 bits per heavy atom. The van der Waals surface area contributed by atoms with Gasteiger partial charge in [0, 0.05) is 17.1 Å². The molecule has 0 bridgehead atoms. The molecule has 0 saturated heterocycles. The van der Waals surface area contributed by atoms with Crippen LogP contribution in [0.2, 0.25) is 5.02 Å². The van der Waals surface area contributed by atoms with E-state index in [0.717, 1.165) is 5.56 Å². The van der Waals surface area contributed by atoms with Gasteiger partial charge in [0.2, 0.25) is 10.0 Å². The molecule has 0 aliphatic rings. The molecule has 0 spiro atoms. The zero-order chi connectivity index (χ0) is 13.8. The number of primary sulfonamides is 1. The van der Waals surface area contributed by atoms with Gasteiger partial charge in [-0.05, 0) is 31.0 Å². The quantitative estimate of drug-likeness (QED) is 0.795. The molecule has 0 heterocycles. The highest BCUT2D eigenvalue weighted by molar-refractivity contribution is 7.89. The summed E-state index contributed by atoms with van der Waals surface area (Å²) in [5.41, 5.74) is 1.29. The van der Waals surface area contributed by atoms with Crippen LogP contribution < -0.4 is 10.5 Å². The molecule has 0 saturated carbocycles. The highest BCUT2D eigenvalue weighted by Crippen LogP contribution is 2.15. The Kier molecular flexibility index (Phi) is 5.13. The largest absolute Gasteiger partial charge is 0.352 e. The molecule has 0 atom stereocenters. The smallest absolute Gasteiger partial charge is 0.251 e.